The zero-order chi connectivity index (χ0) is 7.28. The minimum absolute atomic E-state index is 0.325. The molecular weight excluding hydrogens is 232 g/mol. The van der Waals surface area contributed by atoms with Crippen molar-refractivity contribution >= 4 is 21.7 Å². The third-order valence-electron chi connectivity index (χ3n) is 0.463. The fourth-order valence-corrected chi connectivity index (χ4v) is 1.21. The predicted molar refractivity (Wildman–Crippen MR) is 38.2 cm³/mol. The van der Waals surface area contributed by atoms with E-state index in [0.29, 0.717) is 12.2 Å². The standard InChI is InChI=1S/C6H14O2Te/c1-5(2)7-9-8-6(3)4/h5-6H,1-4H3. The van der Waals surface area contributed by atoms with Crippen LogP contribution in [0.15, 0.2) is 0 Å². The summed E-state index contributed by atoms with van der Waals surface area (Å²) in [6.45, 7) is 8.09. The summed E-state index contributed by atoms with van der Waals surface area (Å²) in [5.41, 5.74) is 0. The average Bonchev–Trinajstić information content (AvgIpc) is 1.63. The van der Waals surface area contributed by atoms with Crippen molar-refractivity contribution in [2.45, 2.75) is 39.9 Å². The predicted octanol–water partition coefficient (Wildman–Crippen LogP) is 1.37. The molecule has 0 spiro atoms. The summed E-state index contributed by atoms with van der Waals surface area (Å²) in [5.74, 6) is 0. The zero-order valence-electron chi connectivity index (χ0n) is 6.38. The van der Waals surface area contributed by atoms with Gasteiger partial charge >= 0.3 is 67.9 Å². The summed E-state index contributed by atoms with van der Waals surface area (Å²) in [6.07, 6.45) is 0.650. The first kappa shape index (κ1) is 9.71. The van der Waals surface area contributed by atoms with Crippen molar-refractivity contribution in [2.75, 3.05) is 0 Å². The van der Waals surface area contributed by atoms with Crippen LogP contribution in [0.2, 0.25) is 0 Å². The maximum absolute atomic E-state index is 5.26. The van der Waals surface area contributed by atoms with Crippen molar-refractivity contribution in [3.63, 3.8) is 0 Å². The van der Waals surface area contributed by atoms with E-state index in [2.05, 4.69) is 0 Å². The molecule has 0 aromatic heterocycles. The molecule has 0 aliphatic rings. The Morgan fingerprint density at radius 3 is 1.44 bits per heavy atom. The Kier molecular flexibility index (Phi) is 5.92. The molecule has 0 bridgehead atoms. The molecule has 0 N–H and O–H groups in total. The molecule has 0 radical (unpaired) electrons. The van der Waals surface area contributed by atoms with Crippen molar-refractivity contribution in [1.82, 2.24) is 0 Å². The summed E-state index contributed by atoms with van der Waals surface area (Å²) >= 11 is -0.614. The molecule has 56 valence electrons. The van der Waals surface area contributed by atoms with Crippen LogP contribution < -0.4 is 0 Å². The van der Waals surface area contributed by atoms with Crippen LogP contribution >= 0.6 is 0 Å². The molecule has 0 aromatic carbocycles. The summed E-state index contributed by atoms with van der Waals surface area (Å²) in [6, 6.07) is 0. The van der Waals surface area contributed by atoms with Gasteiger partial charge in [0.25, 0.3) is 0 Å². The average molecular weight is 246 g/mol. The van der Waals surface area contributed by atoms with Crippen molar-refractivity contribution < 1.29 is 6.20 Å². The monoisotopic (exact) mass is 248 g/mol. The summed E-state index contributed by atoms with van der Waals surface area (Å²) in [4.78, 5) is 0. The van der Waals surface area contributed by atoms with Crippen LogP contribution in [0.1, 0.15) is 27.7 Å². The van der Waals surface area contributed by atoms with Crippen LogP contribution in [-0.2, 0) is 6.20 Å². The van der Waals surface area contributed by atoms with Gasteiger partial charge in [-0.1, -0.05) is 0 Å². The van der Waals surface area contributed by atoms with Gasteiger partial charge in [0.15, 0.2) is 0 Å². The molecule has 0 saturated carbocycles. The Morgan fingerprint density at radius 2 is 1.22 bits per heavy atom. The molecule has 0 aliphatic carbocycles. The van der Waals surface area contributed by atoms with E-state index in [4.69, 9.17) is 6.20 Å². The molecular formula is C6H14O2Te. The van der Waals surface area contributed by atoms with Gasteiger partial charge in [0.05, 0.1) is 0 Å². The molecule has 0 saturated heterocycles. The molecule has 0 atom stereocenters. The minimum atomic E-state index is -0.614. The van der Waals surface area contributed by atoms with Gasteiger partial charge in [0.2, 0.25) is 0 Å². The van der Waals surface area contributed by atoms with Crippen molar-refractivity contribution in [1.29, 1.82) is 0 Å². The maximum atomic E-state index is 5.26. The molecule has 0 aliphatic heterocycles. The van der Waals surface area contributed by atoms with Gasteiger partial charge in [-0.25, -0.2) is 0 Å². The molecule has 0 amide bonds. The Balaban J connectivity index is 2.91. The van der Waals surface area contributed by atoms with Crippen molar-refractivity contribution in [3.8, 4) is 0 Å². The number of hydrogen-bond donors (Lipinski definition) is 0. The van der Waals surface area contributed by atoms with Crippen LogP contribution in [0.25, 0.3) is 0 Å². The fourth-order valence-electron chi connectivity index (χ4n) is 0.180. The van der Waals surface area contributed by atoms with E-state index in [1.54, 1.807) is 0 Å². The Bertz CT molecular complexity index is 56.1. The van der Waals surface area contributed by atoms with E-state index in [-0.39, 0.29) is 0 Å². The third-order valence-corrected chi connectivity index (χ3v) is 3.11. The van der Waals surface area contributed by atoms with Gasteiger partial charge < -0.3 is 0 Å². The molecule has 0 aromatic rings. The fraction of sp³-hybridized carbons (Fsp3) is 1.00. The number of rotatable bonds is 4. The Hall–Kier alpha value is 0.710. The first-order chi connectivity index (χ1) is 4.13. The molecule has 3 heteroatoms. The molecule has 0 fully saturated rings. The van der Waals surface area contributed by atoms with Gasteiger partial charge in [-0.3, -0.25) is 0 Å². The van der Waals surface area contributed by atoms with Crippen LogP contribution in [0.4, 0.5) is 0 Å². The topological polar surface area (TPSA) is 18.5 Å². The first-order valence-electron chi connectivity index (χ1n) is 3.11. The van der Waals surface area contributed by atoms with E-state index in [0.717, 1.165) is 0 Å². The number of hydrogen-bond acceptors (Lipinski definition) is 2. The van der Waals surface area contributed by atoms with E-state index in [9.17, 15) is 0 Å². The summed E-state index contributed by atoms with van der Waals surface area (Å²) in [5, 5.41) is 0. The van der Waals surface area contributed by atoms with E-state index in [1.807, 2.05) is 27.7 Å². The van der Waals surface area contributed by atoms with E-state index >= 15 is 0 Å². The summed E-state index contributed by atoms with van der Waals surface area (Å²) < 4.78 is 10.5. The first-order valence-corrected chi connectivity index (χ1v) is 5.02. The molecule has 0 unspecified atom stereocenters. The molecule has 9 heavy (non-hydrogen) atoms. The second kappa shape index (κ2) is 5.49. The SMILES string of the molecule is CC(C)O[Te]OC(C)C. The van der Waals surface area contributed by atoms with Crippen molar-refractivity contribution in [2.24, 2.45) is 0 Å². The normalized spacial score (nSPS) is 11.3. The van der Waals surface area contributed by atoms with Crippen LogP contribution in [-0.4, -0.2) is 34.0 Å². The zero-order valence-corrected chi connectivity index (χ0v) is 8.71. The quantitative estimate of drug-likeness (QED) is 0.697. The molecule has 2 nitrogen and oxygen atoms in total. The van der Waals surface area contributed by atoms with Crippen LogP contribution in [0.5, 0.6) is 0 Å². The third kappa shape index (κ3) is 8.71. The van der Waals surface area contributed by atoms with Crippen molar-refractivity contribution in [3.05, 3.63) is 0 Å². The van der Waals surface area contributed by atoms with Gasteiger partial charge in [-0.2, -0.15) is 0 Å². The van der Waals surface area contributed by atoms with Crippen LogP contribution in [0.3, 0.4) is 0 Å². The Morgan fingerprint density at radius 1 is 0.889 bits per heavy atom. The van der Waals surface area contributed by atoms with Gasteiger partial charge in [-0.05, 0) is 0 Å². The van der Waals surface area contributed by atoms with E-state index in [1.165, 1.54) is 0 Å². The summed E-state index contributed by atoms with van der Waals surface area (Å²) in [7, 11) is 0. The molecule has 0 rings (SSSR count). The second-order valence-corrected chi connectivity index (χ2v) is 3.84. The van der Waals surface area contributed by atoms with Gasteiger partial charge in [0.1, 0.15) is 0 Å². The van der Waals surface area contributed by atoms with Gasteiger partial charge in [-0.15, -0.1) is 0 Å². The van der Waals surface area contributed by atoms with Crippen LogP contribution in [0, 0.1) is 0 Å². The molecule has 0 heterocycles. The Labute approximate surface area is 68.1 Å². The second-order valence-electron chi connectivity index (χ2n) is 2.36. The van der Waals surface area contributed by atoms with E-state index < -0.39 is 21.7 Å². The van der Waals surface area contributed by atoms with Gasteiger partial charge in [0, 0.05) is 0 Å².